The van der Waals surface area contributed by atoms with Crippen molar-refractivity contribution in [2.75, 3.05) is 6.61 Å². The molecule has 0 unspecified atom stereocenters. The lowest BCUT2D eigenvalue weighted by Gasteiger charge is -2.26. The molecular formula is C8H17NO3. The molecule has 4 nitrogen and oxygen atoms in total. The summed E-state index contributed by atoms with van der Waals surface area (Å²) in [5, 5.41) is 31.2. The van der Waals surface area contributed by atoms with Crippen LogP contribution in [0.4, 0.5) is 0 Å². The van der Waals surface area contributed by atoms with Gasteiger partial charge in [-0.2, -0.15) is 0 Å². The smallest absolute Gasteiger partial charge is 0.105 e. The number of rotatable bonds is 2. The lowest BCUT2D eigenvalue weighted by molar-refractivity contribution is -0.0574. The number of nitrogens with one attached hydrogen (secondary N) is 1. The minimum absolute atomic E-state index is 0.135. The summed E-state index contributed by atoms with van der Waals surface area (Å²) >= 11 is 0. The van der Waals surface area contributed by atoms with Crippen molar-refractivity contribution in [1.29, 1.82) is 0 Å². The third-order valence-corrected chi connectivity index (χ3v) is 2.71. The second-order valence-electron chi connectivity index (χ2n) is 3.59. The largest absolute Gasteiger partial charge is 0.395 e. The minimum atomic E-state index is -1.12. The molecule has 0 bridgehead atoms. The molecular weight excluding hydrogens is 158 g/mol. The van der Waals surface area contributed by atoms with Crippen molar-refractivity contribution in [3.05, 3.63) is 0 Å². The van der Waals surface area contributed by atoms with Crippen LogP contribution in [0.3, 0.4) is 0 Å². The number of aliphatic hydroxyl groups is 3. The molecule has 0 aromatic rings. The molecule has 0 aliphatic carbocycles. The third kappa shape index (κ3) is 1.35. The van der Waals surface area contributed by atoms with Crippen LogP contribution in [0.1, 0.15) is 20.3 Å². The average Bonchev–Trinajstić information content (AvgIpc) is 2.25. The predicted octanol–water partition coefficient (Wildman–Crippen LogP) is -1.16. The predicted molar refractivity (Wildman–Crippen MR) is 44.7 cm³/mol. The van der Waals surface area contributed by atoms with Gasteiger partial charge in [0.05, 0.1) is 12.6 Å². The van der Waals surface area contributed by atoms with Gasteiger partial charge in [-0.25, -0.2) is 0 Å². The fourth-order valence-electron chi connectivity index (χ4n) is 1.82. The summed E-state index contributed by atoms with van der Waals surface area (Å²) in [4.78, 5) is 0. The Kier molecular flexibility index (Phi) is 2.73. The van der Waals surface area contributed by atoms with E-state index in [1.54, 1.807) is 6.92 Å². The van der Waals surface area contributed by atoms with Gasteiger partial charge in [-0.3, -0.25) is 0 Å². The van der Waals surface area contributed by atoms with Crippen molar-refractivity contribution in [1.82, 2.24) is 5.32 Å². The fourth-order valence-corrected chi connectivity index (χ4v) is 1.82. The van der Waals surface area contributed by atoms with Gasteiger partial charge < -0.3 is 20.6 Å². The van der Waals surface area contributed by atoms with Gasteiger partial charge in [0.2, 0.25) is 0 Å². The van der Waals surface area contributed by atoms with E-state index in [0.717, 1.165) is 6.42 Å². The average molecular weight is 175 g/mol. The molecule has 1 saturated heterocycles. The van der Waals surface area contributed by atoms with Crippen LogP contribution in [0.25, 0.3) is 0 Å². The normalized spacial score (nSPS) is 48.2. The zero-order valence-corrected chi connectivity index (χ0v) is 7.49. The molecule has 0 spiro atoms. The Labute approximate surface area is 72.2 Å². The second-order valence-corrected chi connectivity index (χ2v) is 3.59. The molecule has 1 fully saturated rings. The van der Waals surface area contributed by atoms with Crippen molar-refractivity contribution in [2.24, 2.45) is 0 Å². The fraction of sp³-hybridized carbons (Fsp3) is 1.00. The number of aliphatic hydroxyl groups excluding tert-OH is 2. The van der Waals surface area contributed by atoms with Gasteiger partial charge in [0.15, 0.2) is 0 Å². The summed E-state index contributed by atoms with van der Waals surface area (Å²) in [6.45, 7) is 3.38. The highest BCUT2D eigenvalue weighted by Gasteiger charge is 2.48. The Morgan fingerprint density at radius 1 is 1.50 bits per heavy atom. The first kappa shape index (κ1) is 9.92. The monoisotopic (exact) mass is 175 g/mol. The van der Waals surface area contributed by atoms with Crippen LogP contribution in [-0.2, 0) is 0 Å². The maximum atomic E-state index is 9.80. The highest BCUT2D eigenvalue weighted by molar-refractivity contribution is 5.06. The molecule has 1 rings (SSSR count). The molecule has 0 aromatic heterocycles. The maximum absolute atomic E-state index is 9.80. The number of hydrogen-bond donors (Lipinski definition) is 4. The van der Waals surface area contributed by atoms with Crippen molar-refractivity contribution < 1.29 is 15.3 Å². The zero-order chi connectivity index (χ0) is 9.35. The SMILES string of the molecule is CC[C@@H]1N[C@H](CO)[C@@H](O)[C@@]1(C)O. The van der Waals surface area contributed by atoms with Crippen LogP contribution in [0, 0.1) is 0 Å². The van der Waals surface area contributed by atoms with E-state index in [9.17, 15) is 10.2 Å². The first-order valence-electron chi connectivity index (χ1n) is 4.31. The quantitative estimate of drug-likeness (QED) is 0.427. The first-order chi connectivity index (χ1) is 5.54. The van der Waals surface area contributed by atoms with Crippen LogP contribution >= 0.6 is 0 Å². The molecule has 72 valence electrons. The van der Waals surface area contributed by atoms with E-state index in [1.165, 1.54) is 0 Å². The minimum Gasteiger partial charge on any atom is -0.395 e. The Bertz CT molecular complexity index is 156. The summed E-state index contributed by atoms with van der Waals surface area (Å²) in [6.07, 6.45) is -0.145. The lowest BCUT2D eigenvalue weighted by Crippen LogP contribution is -2.45. The lowest BCUT2D eigenvalue weighted by atomic mass is 9.91. The van der Waals surface area contributed by atoms with E-state index < -0.39 is 17.7 Å². The van der Waals surface area contributed by atoms with Gasteiger partial charge in [-0.05, 0) is 13.3 Å². The molecule has 4 heteroatoms. The molecule has 1 aliphatic heterocycles. The van der Waals surface area contributed by atoms with Gasteiger partial charge >= 0.3 is 0 Å². The van der Waals surface area contributed by atoms with Crippen molar-refractivity contribution >= 4 is 0 Å². The highest BCUT2D eigenvalue weighted by atomic mass is 16.3. The summed E-state index contributed by atoms with van der Waals surface area (Å²) < 4.78 is 0. The van der Waals surface area contributed by atoms with Gasteiger partial charge in [0.25, 0.3) is 0 Å². The van der Waals surface area contributed by atoms with Crippen molar-refractivity contribution in [3.63, 3.8) is 0 Å². The van der Waals surface area contributed by atoms with Crippen LogP contribution in [0.15, 0.2) is 0 Å². The van der Waals surface area contributed by atoms with E-state index >= 15 is 0 Å². The van der Waals surface area contributed by atoms with E-state index in [0.29, 0.717) is 0 Å². The molecule has 0 saturated carbocycles. The summed E-state index contributed by atoms with van der Waals surface area (Å²) in [7, 11) is 0. The summed E-state index contributed by atoms with van der Waals surface area (Å²) in [5.74, 6) is 0. The van der Waals surface area contributed by atoms with Gasteiger partial charge in [0.1, 0.15) is 11.7 Å². The topological polar surface area (TPSA) is 72.7 Å². The van der Waals surface area contributed by atoms with E-state index in [4.69, 9.17) is 5.11 Å². The van der Waals surface area contributed by atoms with Crippen LogP contribution in [-0.4, -0.2) is 45.7 Å². The highest BCUT2D eigenvalue weighted by Crippen LogP contribution is 2.27. The Balaban J connectivity index is 2.73. The standard InChI is InChI=1S/C8H17NO3/c1-3-6-8(2,12)7(11)5(4-10)9-6/h5-7,9-12H,3-4H2,1-2H3/t5-,6+,7-,8+/m1/s1. The molecule has 4 N–H and O–H groups in total. The van der Waals surface area contributed by atoms with Crippen molar-refractivity contribution in [3.8, 4) is 0 Å². The van der Waals surface area contributed by atoms with Gasteiger partial charge in [0, 0.05) is 6.04 Å². The van der Waals surface area contributed by atoms with E-state index in [2.05, 4.69) is 5.32 Å². The zero-order valence-electron chi connectivity index (χ0n) is 7.49. The summed E-state index contributed by atoms with van der Waals surface area (Å²) in [5.41, 5.74) is -1.12. The number of hydrogen-bond acceptors (Lipinski definition) is 4. The molecule has 0 aromatic carbocycles. The molecule has 1 aliphatic rings. The second kappa shape index (κ2) is 3.30. The van der Waals surface area contributed by atoms with Crippen molar-refractivity contribution in [2.45, 2.75) is 44.1 Å². The third-order valence-electron chi connectivity index (χ3n) is 2.71. The molecule has 1 heterocycles. The van der Waals surface area contributed by atoms with Crippen LogP contribution in [0.2, 0.25) is 0 Å². The molecule has 0 radical (unpaired) electrons. The molecule has 12 heavy (non-hydrogen) atoms. The molecule has 0 amide bonds. The van der Waals surface area contributed by atoms with E-state index in [1.807, 2.05) is 6.92 Å². The van der Waals surface area contributed by atoms with Gasteiger partial charge in [-0.15, -0.1) is 0 Å². The first-order valence-corrected chi connectivity index (χ1v) is 4.31. The summed E-state index contributed by atoms with van der Waals surface area (Å²) in [6, 6.07) is -0.533. The van der Waals surface area contributed by atoms with E-state index in [-0.39, 0.29) is 12.6 Å². The van der Waals surface area contributed by atoms with Crippen LogP contribution < -0.4 is 5.32 Å². The molecule has 4 atom stereocenters. The Morgan fingerprint density at radius 2 is 2.08 bits per heavy atom. The Hall–Kier alpha value is -0.160. The van der Waals surface area contributed by atoms with Gasteiger partial charge in [-0.1, -0.05) is 6.92 Å². The Morgan fingerprint density at radius 3 is 2.33 bits per heavy atom. The van der Waals surface area contributed by atoms with Crippen LogP contribution in [0.5, 0.6) is 0 Å². The maximum Gasteiger partial charge on any atom is 0.105 e.